The summed E-state index contributed by atoms with van der Waals surface area (Å²) in [5.41, 5.74) is 2.74. The van der Waals surface area contributed by atoms with Crippen LogP contribution in [0.3, 0.4) is 0 Å². The highest BCUT2D eigenvalue weighted by Crippen LogP contribution is 2.23. The van der Waals surface area contributed by atoms with Crippen molar-refractivity contribution in [3.05, 3.63) is 65.4 Å². The molecule has 0 saturated carbocycles. The lowest BCUT2D eigenvalue weighted by atomic mass is 10.1. The van der Waals surface area contributed by atoms with E-state index < -0.39 is 11.9 Å². The molecule has 3 aromatic rings. The van der Waals surface area contributed by atoms with E-state index in [-0.39, 0.29) is 18.1 Å². The van der Waals surface area contributed by atoms with Crippen LogP contribution in [0, 0.1) is 13.8 Å². The number of hydrogen-bond acceptors (Lipinski definition) is 5. The summed E-state index contributed by atoms with van der Waals surface area (Å²) in [5, 5.41) is 26.4. The molecule has 0 fully saturated rings. The molecule has 1 amide bonds. The molecule has 2 aromatic heterocycles. The molecule has 0 aliphatic rings. The quantitative estimate of drug-likeness (QED) is 0.661. The number of hydrogen-bond donors (Lipinski definition) is 3. The maximum absolute atomic E-state index is 12.4. The van der Waals surface area contributed by atoms with Crippen molar-refractivity contribution in [3.8, 4) is 11.4 Å². The molecule has 1 aromatic carbocycles. The lowest BCUT2D eigenvalue weighted by Gasteiger charge is -2.13. The van der Waals surface area contributed by atoms with Crippen LogP contribution in [0.5, 0.6) is 5.75 Å². The molecule has 0 spiro atoms. The van der Waals surface area contributed by atoms with Gasteiger partial charge in [0.15, 0.2) is 11.4 Å². The Bertz CT molecular complexity index is 884. The summed E-state index contributed by atoms with van der Waals surface area (Å²) in [4.78, 5) is 12.4. The highest BCUT2D eigenvalue weighted by Gasteiger charge is 2.22. The third-order valence-electron chi connectivity index (χ3n) is 4.11. The molecule has 1 unspecified atom stereocenters. The van der Waals surface area contributed by atoms with E-state index in [1.54, 1.807) is 12.1 Å². The number of aromatic nitrogens is 2. The number of carbonyl (C=O) groups excluding carboxylic acids is 1. The zero-order valence-electron chi connectivity index (χ0n) is 13.9. The van der Waals surface area contributed by atoms with Crippen LogP contribution >= 0.6 is 0 Å². The Morgan fingerprint density at radius 2 is 2.12 bits per heavy atom. The zero-order valence-corrected chi connectivity index (χ0v) is 13.9. The number of benzene rings is 1. The highest BCUT2D eigenvalue weighted by atomic mass is 16.3. The van der Waals surface area contributed by atoms with Gasteiger partial charge in [-0.25, -0.2) is 4.68 Å². The number of carbonyl (C=O) groups is 1. The van der Waals surface area contributed by atoms with E-state index in [1.807, 2.05) is 32.0 Å². The van der Waals surface area contributed by atoms with E-state index in [9.17, 15) is 15.0 Å². The molecule has 0 saturated heterocycles. The highest BCUT2D eigenvalue weighted by molar-refractivity contribution is 5.95. The Morgan fingerprint density at radius 3 is 2.80 bits per heavy atom. The van der Waals surface area contributed by atoms with Gasteiger partial charge in [-0.15, -0.1) is 0 Å². The monoisotopic (exact) mass is 341 g/mol. The predicted octanol–water partition coefficient (Wildman–Crippen LogP) is 2.25. The molecule has 3 N–H and O–H groups in total. The fourth-order valence-electron chi connectivity index (χ4n) is 2.56. The van der Waals surface area contributed by atoms with Crippen LogP contribution in [0.4, 0.5) is 0 Å². The minimum Gasteiger partial charge on any atom is -0.504 e. The summed E-state index contributed by atoms with van der Waals surface area (Å²) in [7, 11) is 0. The standard InChI is InChI=1S/C18H19N3O4/c1-11-5-3-6-14(12(11)2)21-9-15(23)17(20-21)18(24)19-13(10-22)16-7-4-8-25-16/h3-9,13,22-23H,10H2,1-2H3,(H,19,24). The first kappa shape index (κ1) is 16.8. The lowest BCUT2D eigenvalue weighted by molar-refractivity contribution is 0.0899. The van der Waals surface area contributed by atoms with Gasteiger partial charge in [0.2, 0.25) is 0 Å². The fraction of sp³-hybridized carbons (Fsp3) is 0.222. The number of aryl methyl sites for hydroxylation is 1. The maximum atomic E-state index is 12.4. The van der Waals surface area contributed by atoms with Gasteiger partial charge in [0.05, 0.1) is 24.8 Å². The summed E-state index contributed by atoms with van der Waals surface area (Å²) in [6.07, 6.45) is 2.84. The summed E-state index contributed by atoms with van der Waals surface area (Å²) >= 11 is 0. The number of amides is 1. The molecular weight excluding hydrogens is 322 g/mol. The van der Waals surface area contributed by atoms with Crippen molar-refractivity contribution in [3.63, 3.8) is 0 Å². The SMILES string of the molecule is Cc1cccc(-n2cc(O)c(C(=O)NC(CO)c3ccco3)n2)c1C. The smallest absolute Gasteiger partial charge is 0.276 e. The van der Waals surface area contributed by atoms with Crippen molar-refractivity contribution < 1.29 is 19.4 Å². The second-order valence-corrected chi connectivity index (χ2v) is 5.75. The largest absolute Gasteiger partial charge is 0.504 e. The first-order valence-corrected chi connectivity index (χ1v) is 7.81. The van der Waals surface area contributed by atoms with Crippen molar-refractivity contribution in [1.29, 1.82) is 0 Å². The van der Waals surface area contributed by atoms with Crippen LogP contribution < -0.4 is 5.32 Å². The first-order valence-electron chi connectivity index (χ1n) is 7.81. The first-order chi connectivity index (χ1) is 12.0. The lowest BCUT2D eigenvalue weighted by Crippen LogP contribution is -2.31. The normalized spacial score (nSPS) is 12.1. The number of aliphatic hydroxyl groups excluding tert-OH is 1. The van der Waals surface area contributed by atoms with Crippen LogP contribution in [-0.4, -0.2) is 32.5 Å². The van der Waals surface area contributed by atoms with E-state index in [2.05, 4.69) is 10.4 Å². The average molecular weight is 341 g/mol. The van der Waals surface area contributed by atoms with E-state index >= 15 is 0 Å². The van der Waals surface area contributed by atoms with Gasteiger partial charge in [0.1, 0.15) is 11.8 Å². The Hall–Kier alpha value is -3.06. The molecule has 0 bridgehead atoms. The van der Waals surface area contributed by atoms with Crippen LogP contribution in [0.25, 0.3) is 5.69 Å². The van der Waals surface area contributed by atoms with Crippen LogP contribution in [-0.2, 0) is 0 Å². The van der Waals surface area contributed by atoms with Gasteiger partial charge in [-0.2, -0.15) is 5.10 Å². The second-order valence-electron chi connectivity index (χ2n) is 5.75. The molecule has 3 rings (SSSR count). The van der Waals surface area contributed by atoms with E-state index in [0.29, 0.717) is 5.76 Å². The van der Waals surface area contributed by atoms with Gasteiger partial charge in [-0.1, -0.05) is 12.1 Å². The Labute approximate surface area is 144 Å². The van der Waals surface area contributed by atoms with Gasteiger partial charge in [-0.3, -0.25) is 4.79 Å². The topological polar surface area (TPSA) is 101 Å². The minimum absolute atomic E-state index is 0.120. The summed E-state index contributed by atoms with van der Waals surface area (Å²) in [5.74, 6) is -0.421. The Balaban J connectivity index is 1.87. The molecule has 0 aliphatic carbocycles. The van der Waals surface area contributed by atoms with Gasteiger partial charge >= 0.3 is 0 Å². The summed E-state index contributed by atoms with van der Waals surface area (Å²) < 4.78 is 6.66. The number of furan rings is 1. The van der Waals surface area contributed by atoms with Crippen molar-refractivity contribution in [1.82, 2.24) is 15.1 Å². The second kappa shape index (κ2) is 6.82. The summed E-state index contributed by atoms with van der Waals surface area (Å²) in [6, 6.07) is 8.31. The van der Waals surface area contributed by atoms with Gasteiger partial charge in [-0.05, 0) is 43.2 Å². The van der Waals surface area contributed by atoms with E-state index in [0.717, 1.165) is 16.8 Å². The molecular formula is C18H19N3O4. The number of rotatable bonds is 5. The molecule has 7 heteroatoms. The number of nitrogens with one attached hydrogen (secondary N) is 1. The van der Waals surface area contributed by atoms with E-state index in [4.69, 9.17) is 4.42 Å². The zero-order chi connectivity index (χ0) is 18.0. The Kier molecular flexibility index (Phi) is 4.58. The molecule has 7 nitrogen and oxygen atoms in total. The van der Waals surface area contributed by atoms with Crippen molar-refractivity contribution in [2.75, 3.05) is 6.61 Å². The van der Waals surface area contributed by atoms with Gasteiger partial charge < -0.3 is 19.9 Å². The van der Waals surface area contributed by atoms with Crippen molar-refractivity contribution in [2.45, 2.75) is 19.9 Å². The molecule has 0 aliphatic heterocycles. The van der Waals surface area contributed by atoms with Crippen molar-refractivity contribution >= 4 is 5.91 Å². The molecule has 25 heavy (non-hydrogen) atoms. The third kappa shape index (κ3) is 3.27. The third-order valence-corrected chi connectivity index (χ3v) is 4.11. The molecule has 2 heterocycles. The van der Waals surface area contributed by atoms with Crippen LogP contribution in [0.1, 0.15) is 33.4 Å². The van der Waals surface area contributed by atoms with Gasteiger partial charge in [0, 0.05) is 0 Å². The number of aromatic hydroxyl groups is 1. The molecule has 130 valence electrons. The van der Waals surface area contributed by atoms with Crippen molar-refractivity contribution in [2.24, 2.45) is 0 Å². The molecule has 1 atom stereocenters. The number of aliphatic hydroxyl groups is 1. The van der Waals surface area contributed by atoms with Crippen LogP contribution in [0.15, 0.2) is 47.2 Å². The Morgan fingerprint density at radius 1 is 1.32 bits per heavy atom. The van der Waals surface area contributed by atoms with Gasteiger partial charge in [0.25, 0.3) is 5.91 Å². The number of nitrogens with zero attached hydrogens (tertiary/aromatic N) is 2. The minimum atomic E-state index is -0.715. The maximum Gasteiger partial charge on any atom is 0.276 e. The predicted molar refractivity (Wildman–Crippen MR) is 90.7 cm³/mol. The summed E-state index contributed by atoms with van der Waals surface area (Å²) in [6.45, 7) is 3.59. The van der Waals surface area contributed by atoms with E-state index in [1.165, 1.54) is 17.1 Å². The average Bonchev–Trinajstić information content (AvgIpc) is 3.25. The fourth-order valence-corrected chi connectivity index (χ4v) is 2.56. The van der Waals surface area contributed by atoms with Crippen LogP contribution in [0.2, 0.25) is 0 Å². The molecule has 0 radical (unpaired) electrons.